The molecule has 3 aromatic rings. The van der Waals surface area contributed by atoms with Gasteiger partial charge in [0.1, 0.15) is 17.4 Å². The molecule has 0 saturated heterocycles. The summed E-state index contributed by atoms with van der Waals surface area (Å²) in [6.07, 6.45) is 1.71. The molecule has 134 valence electrons. The second kappa shape index (κ2) is 8.29. The minimum atomic E-state index is -0.243. The molecule has 26 heavy (non-hydrogen) atoms. The first-order valence-electron chi connectivity index (χ1n) is 8.45. The van der Waals surface area contributed by atoms with Crippen LogP contribution in [0.15, 0.2) is 60.8 Å². The minimum absolute atomic E-state index is 0.0626. The summed E-state index contributed by atoms with van der Waals surface area (Å²) in [4.78, 5) is 8.66. The number of anilines is 3. The molecule has 0 amide bonds. The zero-order valence-electron chi connectivity index (χ0n) is 14.7. The first-order valence-corrected chi connectivity index (χ1v) is 8.45. The standard InChI is InChI=1S/C20H21FN4O/c1-14(2)26-18-10-6-5-9-17(18)24-20-22-12-11-19(25-20)23-13-15-7-3-4-8-16(15)21/h3-12,14H,13H2,1-2H3,(H2,22,23,24,25). The zero-order valence-corrected chi connectivity index (χ0v) is 14.7. The molecular formula is C20H21FN4O. The highest BCUT2D eigenvalue weighted by Crippen LogP contribution is 2.27. The van der Waals surface area contributed by atoms with Gasteiger partial charge in [0.25, 0.3) is 0 Å². The van der Waals surface area contributed by atoms with Crippen molar-refractivity contribution in [2.24, 2.45) is 0 Å². The van der Waals surface area contributed by atoms with E-state index in [0.717, 1.165) is 11.4 Å². The van der Waals surface area contributed by atoms with Crippen LogP contribution in [0.3, 0.4) is 0 Å². The highest BCUT2D eigenvalue weighted by atomic mass is 19.1. The number of nitrogens with one attached hydrogen (secondary N) is 2. The Labute approximate surface area is 152 Å². The van der Waals surface area contributed by atoms with Crippen LogP contribution in [0.1, 0.15) is 19.4 Å². The number of rotatable bonds is 7. The lowest BCUT2D eigenvalue weighted by atomic mass is 10.2. The normalized spacial score (nSPS) is 10.6. The van der Waals surface area contributed by atoms with E-state index >= 15 is 0 Å². The molecule has 0 saturated carbocycles. The van der Waals surface area contributed by atoms with Gasteiger partial charge in [-0.2, -0.15) is 4.98 Å². The van der Waals surface area contributed by atoms with Gasteiger partial charge in [-0.15, -0.1) is 0 Å². The molecule has 2 N–H and O–H groups in total. The number of hydrogen-bond acceptors (Lipinski definition) is 5. The van der Waals surface area contributed by atoms with Crippen LogP contribution in [-0.4, -0.2) is 16.1 Å². The molecule has 0 aliphatic carbocycles. The number of halogens is 1. The number of ether oxygens (including phenoxy) is 1. The van der Waals surface area contributed by atoms with Gasteiger partial charge in [-0.1, -0.05) is 30.3 Å². The number of aromatic nitrogens is 2. The van der Waals surface area contributed by atoms with E-state index < -0.39 is 0 Å². The lowest BCUT2D eigenvalue weighted by Gasteiger charge is -2.15. The second-order valence-corrected chi connectivity index (χ2v) is 6.00. The molecule has 1 aromatic heterocycles. The van der Waals surface area contributed by atoms with Crippen molar-refractivity contribution in [3.63, 3.8) is 0 Å². The average Bonchev–Trinajstić information content (AvgIpc) is 2.63. The van der Waals surface area contributed by atoms with E-state index in [-0.39, 0.29) is 11.9 Å². The lowest BCUT2D eigenvalue weighted by Crippen LogP contribution is -2.08. The summed E-state index contributed by atoms with van der Waals surface area (Å²) < 4.78 is 19.5. The van der Waals surface area contributed by atoms with Gasteiger partial charge in [-0.3, -0.25) is 0 Å². The molecule has 0 atom stereocenters. The summed E-state index contributed by atoms with van der Waals surface area (Å²) in [6, 6.07) is 16.0. The Hall–Kier alpha value is -3.15. The van der Waals surface area contributed by atoms with E-state index in [0.29, 0.717) is 23.9 Å². The first-order chi connectivity index (χ1) is 12.6. The number of para-hydroxylation sites is 2. The summed E-state index contributed by atoms with van der Waals surface area (Å²) in [5.41, 5.74) is 1.36. The maximum Gasteiger partial charge on any atom is 0.229 e. The van der Waals surface area contributed by atoms with Gasteiger partial charge >= 0.3 is 0 Å². The molecular weight excluding hydrogens is 331 g/mol. The van der Waals surface area contributed by atoms with E-state index in [1.807, 2.05) is 38.1 Å². The van der Waals surface area contributed by atoms with Crippen molar-refractivity contribution in [3.05, 3.63) is 72.2 Å². The predicted molar refractivity (Wildman–Crippen MR) is 101 cm³/mol. The topological polar surface area (TPSA) is 59.1 Å². The number of hydrogen-bond donors (Lipinski definition) is 2. The summed E-state index contributed by atoms with van der Waals surface area (Å²) >= 11 is 0. The van der Waals surface area contributed by atoms with Gasteiger partial charge in [0.15, 0.2) is 0 Å². The van der Waals surface area contributed by atoms with Crippen molar-refractivity contribution in [3.8, 4) is 5.75 Å². The van der Waals surface area contributed by atoms with Crippen LogP contribution in [0.25, 0.3) is 0 Å². The maximum absolute atomic E-state index is 13.7. The van der Waals surface area contributed by atoms with Crippen molar-refractivity contribution < 1.29 is 9.13 Å². The van der Waals surface area contributed by atoms with Gasteiger partial charge in [0, 0.05) is 18.3 Å². The Bertz CT molecular complexity index is 870. The monoisotopic (exact) mass is 352 g/mol. The fourth-order valence-electron chi connectivity index (χ4n) is 2.39. The third-order valence-electron chi connectivity index (χ3n) is 3.57. The number of benzene rings is 2. The summed E-state index contributed by atoms with van der Waals surface area (Å²) in [7, 11) is 0. The molecule has 0 radical (unpaired) electrons. The van der Waals surface area contributed by atoms with Crippen LogP contribution in [0.5, 0.6) is 5.75 Å². The smallest absolute Gasteiger partial charge is 0.229 e. The largest absolute Gasteiger partial charge is 0.489 e. The third-order valence-corrected chi connectivity index (χ3v) is 3.57. The van der Waals surface area contributed by atoms with E-state index in [2.05, 4.69) is 20.6 Å². The molecule has 6 heteroatoms. The Balaban J connectivity index is 1.71. The van der Waals surface area contributed by atoms with Gasteiger partial charge in [0.2, 0.25) is 5.95 Å². The van der Waals surface area contributed by atoms with Gasteiger partial charge < -0.3 is 15.4 Å². The predicted octanol–water partition coefficient (Wildman–Crippen LogP) is 4.76. The van der Waals surface area contributed by atoms with Gasteiger partial charge in [0.05, 0.1) is 11.8 Å². The van der Waals surface area contributed by atoms with Crippen LogP contribution in [-0.2, 0) is 6.54 Å². The van der Waals surface area contributed by atoms with Crippen LogP contribution < -0.4 is 15.4 Å². The zero-order chi connectivity index (χ0) is 18.4. The van der Waals surface area contributed by atoms with E-state index in [4.69, 9.17) is 4.74 Å². The summed E-state index contributed by atoms with van der Waals surface area (Å²) in [5.74, 6) is 1.53. The van der Waals surface area contributed by atoms with Crippen molar-refractivity contribution >= 4 is 17.5 Å². The van der Waals surface area contributed by atoms with Gasteiger partial charge in [-0.25, -0.2) is 9.37 Å². The fraction of sp³-hybridized carbons (Fsp3) is 0.200. The molecule has 0 aliphatic rings. The molecule has 1 heterocycles. The van der Waals surface area contributed by atoms with Crippen LogP contribution in [0, 0.1) is 5.82 Å². The van der Waals surface area contributed by atoms with E-state index in [9.17, 15) is 4.39 Å². The molecule has 2 aromatic carbocycles. The molecule has 0 aliphatic heterocycles. The Morgan fingerprint density at radius 1 is 1.04 bits per heavy atom. The van der Waals surface area contributed by atoms with E-state index in [1.165, 1.54) is 6.07 Å². The van der Waals surface area contributed by atoms with Crippen molar-refractivity contribution in [2.45, 2.75) is 26.5 Å². The second-order valence-electron chi connectivity index (χ2n) is 6.00. The molecule has 3 rings (SSSR count). The third kappa shape index (κ3) is 4.69. The molecule has 0 unspecified atom stereocenters. The van der Waals surface area contributed by atoms with E-state index in [1.54, 1.807) is 30.5 Å². The minimum Gasteiger partial charge on any atom is -0.489 e. The quantitative estimate of drug-likeness (QED) is 0.642. The Morgan fingerprint density at radius 2 is 1.81 bits per heavy atom. The molecule has 0 fully saturated rings. The van der Waals surface area contributed by atoms with Crippen molar-refractivity contribution in [2.75, 3.05) is 10.6 Å². The fourth-order valence-corrected chi connectivity index (χ4v) is 2.39. The number of nitrogens with zero attached hydrogens (tertiary/aromatic N) is 2. The molecule has 0 bridgehead atoms. The van der Waals surface area contributed by atoms with Gasteiger partial charge in [-0.05, 0) is 38.1 Å². The highest BCUT2D eigenvalue weighted by Gasteiger charge is 2.07. The Morgan fingerprint density at radius 3 is 2.62 bits per heavy atom. The summed E-state index contributed by atoms with van der Waals surface area (Å²) in [6.45, 7) is 4.29. The molecule has 0 spiro atoms. The first kappa shape index (κ1) is 17.7. The average molecular weight is 352 g/mol. The summed E-state index contributed by atoms with van der Waals surface area (Å²) in [5, 5.41) is 6.28. The van der Waals surface area contributed by atoms with Crippen LogP contribution in [0.4, 0.5) is 21.8 Å². The van der Waals surface area contributed by atoms with Crippen LogP contribution in [0.2, 0.25) is 0 Å². The van der Waals surface area contributed by atoms with Crippen molar-refractivity contribution in [1.82, 2.24) is 9.97 Å². The SMILES string of the molecule is CC(C)Oc1ccccc1Nc1nccc(NCc2ccccc2F)n1. The Kier molecular flexibility index (Phi) is 5.63. The molecule has 5 nitrogen and oxygen atoms in total. The van der Waals surface area contributed by atoms with Crippen molar-refractivity contribution in [1.29, 1.82) is 0 Å². The lowest BCUT2D eigenvalue weighted by molar-refractivity contribution is 0.244. The van der Waals surface area contributed by atoms with Crippen LogP contribution >= 0.6 is 0 Å². The maximum atomic E-state index is 13.7. The highest BCUT2D eigenvalue weighted by molar-refractivity contribution is 5.63.